The number of aromatic nitrogens is 7. The minimum absolute atomic E-state index is 0.686. The van der Waals surface area contributed by atoms with E-state index in [-0.39, 0.29) is 0 Å². The molecule has 23 aromatic rings. The van der Waals surface area contributed by atoms with Crippen LogP contribution in [0.3, 0.4) is 0 Å². The molecule has 0 radical (unpaired) electrons. The molecule has 0 aliphatic heterocycles. The van der Waals surface area contributed by atoms with Crippen LogP contribution < -0.4 is 0 Å². The standard InChI is InChI=1S/C59H38N4.C59H39N3/c1-3-15-42(16-4-1)58-51-25-14-24-47(57(51)50-23-7-10-26-52(50)60-58)45-20-13-19-44(37-45)39-29-31-40(32-30-39)53-38-54(62-59(61-53)43-17-5-2-6-18-43)41-33-35-46(36-34-41)63-55-27-11-8-21-48(55)49-22-9-12-28-56(49)63;1-4-16-40(17-5-1)46-23-13-26-49(37-46)56-39-55(61-59(62-56)50-27-14-24-47(38-50)41-18-6-2-7-19-41)43-34-32-42(33-35-43)45-22-12-25-48(36-45)51-29-15-30-53-57(51)52-28-10-11-31-54(52)60-58(53)44-20-8-3-9-21-44/h1-38H;1-39H. The highest BCUT2D eigenvalue weighted by Gasteiger charge is 2.21. The van der Waals surface area contributed by atoms with E-state index in [0.717, 1.165) is 167 Å². The predicted octanol–water partition coefficient (Wildman–Crippen LogP) is 30.8. The van der Waals surface area contributed by atoms with Gasteiger partial charge in [-0.2, -0.15) is 0 Å². The monoisotopic (exact) mass is 1590 g/mol. The van der Waals surface area contributed by atoms with Crippen molar-refractivity contribution in [3.8, 4) is 163 Å². The van der Waals surface area contributed by atoms with Gasteiger partial charge < -0.3 is 4.57 Å². The molecule has 5 aromatic heterocycles. The average molecular weight is 1590 g/mol. The van der Waals surface area contributed by atoms with Gasteiger partial charge in [0.1, 0.15) is 0 Å². The Morgan fingerprint density at radius 3 is 0.848 bits per heavy atom. The summed E-state index contributed by atoms with van der Waals surface area (Å²) in [5, 5.41) is 9.50. The summed E-state index contributed by atoms with van der Waals surface area (Å²) in [4.78, 5) is 31.1. The Balaban J connectivity index is 0.000000148. The summed E-state index contributed by atoms with van der Waals surface area (Å²) in [6.45, 7) is 0. The second kappa shape index (κ2) is 32.8. The summed E-state index contributed by atoms with van der Waals surface area (Å²) in [7, 11) is 0. The molecule has 0 saturated carbocycles. The molecule has 0 fully saturated rings. The maximum Gasteiger partial charge on any atom is 0.160 e. The molecule has 0 aliphatic carbocycles. The van der Waals surface area contributed by atoms with Gasteiger partial charge in [-0.15, -0.1) is 0 Å². The van der Waals surface area contributed by atoms with Crippen molar-refractivity contribution in [2.75, 3.05) is 0 Å². The van der Waals surface area contributed by atoms with Crippen LogP contribution in [0.5, 0.6) is 0 Å². The smallest absolute Gasteiger partial charge is 0.160 e. The highest BCUT2D eigenvalue weighted by Crippen LogP contribution is 2.44. The van der Waals surface area contributed by atoms with Crippen LogP contribution in [0.25, 0.3) is 228 Å². The van der Waals surface area contributed by atoms with Crippen LogP contribution in [-0.4, -0.2) is 34.5 Å². The Morgan fingerprint density at radius 1 is 0.152 bits per heavy atom. The zero-order valence-electron chi connectivity index (χ0n) is 68.1. The van der Waals surface area contributed by atoms with Gasteiger partial charge in [-0.05, 0) is 140 Å². The van der Waals surface area contributed by atoms with Crippen molar-refractivity contribution in [1.29, 1.82) is 0 Å². The van der Waals surface area contributed by atoms with E-state index in [1.54, 1.807) is 0 Å². The zero-order valence-corrected chi connectivity index (χ0v) is 68.1. The largest absolute Gasteiger partial charge is 0.309 e. The first-order chi connectivity index (χ1) is 61.9. The summed E-state index contributed by atoms with van der Waals surface area (Å²) < 4.78 is 2.34. The fourth-order valence-electron chi connectivity index (χ4n) is 17.8. The van der Waals surface area contributed by atoms with Crippen LogP contribution in [0, 0.1) is 0 Å². The Kier molecular flexibility index (Phi) is 19.5. The minimum atomic E-state index is 0.686. The van der Waals surface area contributed by atoms with Crippen LogP contribution in [0.1, 0.15) is 0 Å². The lowest BCUT2D eigenvalue weighted by Gasteiger charge is -2.15. The van der Waals surface area contributed by atoms with Gasteiger partial charge in [0.2, 0.25) is 0 Å². The topological polar surface area (TPSA) is 82.3 Å². The van der Waals surface area contributed by atoms with E-state index < -0.39 is 0 Å². The molecule has 0 amide bonds. The second-order valence-corrected chi connectivity index (χ2v) is 31.6. The van der Waals surface area contributed by atoms with E-state index in [0.29, 0.717) is 11.6 Å². The van der Waals surface area contributed by atoms with Gasteiger partial charge in [-0.3, -0.25) is 0 Å². The molecule has 584 valence electrons. The molecule has 0 aliphatic rings. The minimum Gasteiger partial charge on any atom is -0.309 e. The number of rotatable bonds is 15. The third-order valence-electron chi connectivity index (χ3n) is 23.9. The van der Waals surface area contributed by atoms with Crippen LogP contribution >= 0.6 is 0 Å². The molecule has 0 N–H and O–H groups in total. The van der Waals surface area contributed by atoms with E-state index in [2.05, 4.69) is 441 Å². The number of pyridine rings is 2. The van der Waals surface area contributed by atoms with Crippen molar-refractivity contribution < 1.29 is 0 Å². The maximum absolute atomic E-state index is 5.24. The highest BCUT2D eigenvalue weighted by atomic mass is 15.0. The summed E-state index contributed by atoms with van der Waals surface area (Å²) >= 11 is 0. The van der Waals surface area contributed by atoms with Gasteiger partial charge in [-0.25, -0.2) is 29.9 Å². The number of nitrogens with zero attached hydrogens (tertiary/aromatic N) is 7. The SMILES string of the molecule is c1ccc(-c2cccc(-c3cc(-c4ccc(-c5cccc(-c6cccc7c(-c8ccccc8)nc8ccccc8c67)c5)cc4)nc(-c4cccc(-c5ccccc5)c4)n3)c2)cc1.c1ccc(-c2nc(-c3ccc(-c4cccc(-c5cccc6c(-c7ccccc7)nc7ccccc7c56)c4)cc3)cc(-c3ccc(-n4c5ccccc5c5ccccc54)cc3)n2)cc1. The van der Waals surface area contributed by atoms with Gasteiger partial charge in [0.15, 0.2) is 11.6 Å². The molecule has 5 heterocycles. The van der Waals surface area contributed by atoms with E-state index >= 15 is 0 Å². The fourth-order valence-corrected chi connectivity index (χ4v) is 17.8. The first kappa shape index (κ1) is 74.5. The fraction of sp³-hybridized carbons (Fsp3) is 0. The summed E-state index contributed by atoms with van der Waals surface area (Å²) in [6.07, 6.45) is 0. The number of para-hydroxylation sites is 4. The summed E-state index contributed by atoms with van der Waals surface area (Å²) in [5.41, 5.74) is 33.1. The summed E-state index contributed by atoms with van der Waals surface area (Å²) in [6, 6.07) is 165. The van der Waals surface area contributed by atoms with Gasteiger partial charge in [0, 0.05) is 93.3 Å². The maximum atomic E-state index is 5.24. The van der Waals surface area contributed by atoms with Gasteiger partial charge in [0.25, 0.3) is 0 Å². The molecule has 0 bridgehead atoms. The zero-order chi connectivity index (χ0) is 82.9. The van der Waals surface area contributed by atoms with E-state index in [1.807, 2.05) is 30.3 Å². The quantitative estimate of drug-likeness (QED) is 0.0951. The lowest BCUT2D eigenvalue weighted by molar-refractivity contribution is 1.17. The van der Waals surface area contributed by atoms with Crippen LogP contribution in [-0.2, 0) is 0 Å². The molecular formula is C118H77N7. The first-order valence-corrected chi connectivity index (χ1v) is 42.4. The number of hydrogen-bond acceptors (Lipinski definition) is 6. The normalized spacial score (nSPS) is 11.4. The second-order valence-electron chi connectivity index (χ2n) is 31.6. The lowest BCUT2D eigenvalue weighted by Crippen LogP contribution is -1.97. The number of hydrogen-bond donors (Lipinski definition) is 0. The third-order valence-corrected chi connectivity index (χ3v) is 23.9. The van der Waals surface area contributed by atoms with Gasteiger partial charge in [-0.1, -0.05) is 394 Å². The Morgan fingerprint density at radius 2 is 0.424 bits per heavy atom. The van der Waals surface area contributed by atoms with Gasteiger partial charge in [0.05, 0.1) is 56.2 Å². The first-order valence-electron chi connectivity index (χ1n) is 42.4. The van der Waals surface area contributed by atoms with Crippen molar-refractivity contribution in [2.45, 2.75) is 0 Å². The van der Waals surface area contributed by atoms with Crippen LogP contribution in [0.2, 0.25) is 0 Å². The van der Waals surface area contributed by atoms with Crippen molar-refractivity contribution in [3.05, 3.63) is 467 Å². The predicted molar refractivity (Wildman–Crippen MR) is 520 cm³/mol. The average Bonchev–Trinajstić information content (AvgIpc) is 1.75. The van der Waals surface area contributed by atoms with E-state index in [4.69, 9.17) is 29.9 Å². The molecule has 7 heteroatoms. The molecular weight excluding hydrogens is 1520 g/mol. The van der Waals surface area contributed by atoms with Crippen molar-refractivity contribution >= 4 is 65.2 Å². The lowest BCUT2D eigenvalue weighted by atomic mass is 9.91. The molecule has 0 saturated heterocycles. The van der Waals surface area contributed by atoms with Crippen LogP contribution in [0.15, 0.2) is 467 Å². The molecule has 23 rings (SSSR count). The summed E-state index contributed by atoms with van der Waals surface area (Å²) in [5.74, 6) is 1.38. The van der Waals surface area contributed by atoms with Gasteiger partial charge >= 0.3 is 0 Å². The van der Waals surface area contributed by atoms with E-state index in [1.165, 1.54) is 49.3 Å². The third kappa shape index (κ3) is 14.6. The molecule has 7 nitrogen and oxygen atoms in total. The molecule has 125 heavy (non-hydrogen) atoms. The Hall–Kier alpha value is -16.7. The molecule has 0 atom stereocenters. The number of benzene rings is 18. The molecule has 18 aromatic carbocycles. The molecule has 0 unspecified atom stereocenters. The van der Waals surface area contributed by atoms with E-state index in [9.17, 15) is 0 Å². The Bertz CT molecular complexity index is 7820. The number of fused-ring (bicyclic) bond motifs is 9. The van der Waals surface area contributed by atoms with Crippen molar-refractivity contribution in [2.24, 2.45) is 0 Å². The van der Waals surface area contributed by atoms with Crippen LogP contribution in [0.4, 0.5) is 0 Å². The highest BCUT2D eigenvalue weighted by molar-refractivity contribution is 6.19. The van der Waals surface area contributed by atoms with Crippen molar-refractivity contribution in [1.82, 2.24) is 34.5 Å². The molecule has 0 spiro atoms. The Labute approximate surface area is 724 Å². The van der Waals surface area contributed by atoms with Crippen molar-refractivity contribution in [3.63, 3.8) is 0 Å².